The first-order valence-corrected chi connectivity index (χ1v) is 8.59. The molecule has 1 amide bonds. The van der Waals surface area contributed by atoms with Crippen LogP contribution in [0, 0.1) is 0 Å². The van der Waals surface area contributed by atoms with Crippen LogP contribution in [-0.2, 0) is 0 Å². The molecule has 0 bridgehead atoms. The van der Waals surface area contributed by atoms with Crippen LogP contribution in [0.5, 0.6) is 0 Å². The quantitative estimate of drug-likeness (QED) is 0.565. The monoisotopic (exact) mass is 357 g/mol. The number of carbonyl (C=O) groups excluding carboxylic acids is 2. The number of primary amides is 1. The highest BCUT2D eigenvalue weighted by Crippen LogP contribution is 2.41. The molecular formula is C21H15N3O3. The molecule has 132 valence electrons. The molecule has 0 fully saturated rings. The summed E-state index contributed by atoms with van der Waals surface area (Å²) in [7, 11) is 0. The Bertz CT molecular complexity index is 1220. The van der Waals surface area contributed by atoms with Gasteiger partial charge in [-0.25, -0.2) is 4.98 Å². The van der Waals surface area contributed by atoms with Crippen molar-refractivity contribution in [2.24, 2.45) is 5.73 Å². The van der Waals surface area contributed by atoms with E-state index in [9.17, 15) is 9.59 Å². The molecule has 2 N–H and O–H groups in total. The normalized spacial score (nSPS) is 14.9. The largest absolute Gasteiger partial charge is 0.451 e. The van der Waals surface area contributed by atoms with E-state index in [0.29, 0.717) is 23.0 Å². The van der Waals surface area contributed by atoms with Crippen molar-refractivity contribution in [3.05, 3.63) is 77.9 Å². The maximum atomic E-state index is 13.0. The maximum Gasteiger partial charge on any atom is 0.284 e. The van der Waals surface area contributed by atoms with E-state index in [-0.39, 0.29) is 17.6 Å². The number of rotatable bonds is 4. The number of carbonyl (C=O) groups is 2. The van der Waals surface area contributed by atoms with Gasteiger partial charge in [0.05, 0.1) is 24.3 Å². The number of benzene rings is 2. The maximum absolute atomic E-state index is 13.0. The van der Waals surface area contributed by atoms with Crippen LogP contribution in [0.25, 0.3) is 22.2 Å². The van der Waals surface area contributed by atoms with Crippen LogP contribution in [0.1, 0.15) is 38.9 Å². The van der Waals surface area contributed by atoms with Gasteiger partial charge in [0, 0.05) is 22.9 Å². The first kappa shape index (κ1) is 15.6. The van der Waals surface area contributed by atoms with Crippen molar-refractivity contribution < 1.29 is 14.0 Å². The molecule has 1 unspecified atom stereocenters. The second-order valence-electron chi connectivity index (χ2n) is 6.64. The zero-order valence-electron chi connectivity index (χ0n) is 14.3. The van der Waals surface area contributed by atoms with Crippen LogP contribution >= 0.6 is 0 Å². The third-order valence-electron chi connectivity index (χ3n) is 5.06. The van der Waals surface area contributed by atoms with Crippen LogP contribution in [-0.4, -0.2) is 21.2 Å². The van der Waals surface area contributed by atoms with Gasteiger partial charge >= 0.3 is 0 Å². The van der Waals surface area contributed by atoms with Crippen molar-refractivity contribution in [2.45, 2.75) is 12.5 Å². The van der Waals surface area contributed by atoms with Gasteiger partial charge in [-0.1, -0.05) is 24.3 Å². The lowest BCUT2D eigenvalue weighted by Gasteiger charge is -2.14. The second-order valence-corrected chi connectivity index (χ2v) is 6.64. The lowest BCUT2D eigenvalue weighted by atomic mass is 9.96. The lowest BCUT2D eigenvalue weighted by Crippen LogP contribution is -2.11. The Morgan fingerprint density at radius 2 is 2.00 bits per heavy atom. The van der Waals surface area contributed by atoms with Gasteiger partial charge in [0.15, 0.2) is 11.5 Å². The fourth-order valence-electron chi connectivity index (χ4n) is 3.77. The third-order valence-corrected chi connectivity index (χ3v) is 5.06. The zero-order valence-corrected chi connectivity index (χ0v) is 14.3. The van der Waals surface area contributed by atoms with E-state index < -0.39 is 5.91 Å². The van der Waals surface area contributed by atoms with Gasteiger partial charge in [0.1, 0.15) is 5.58 Å². The first-order chi connectivity index (χ1) is 13.1. The fraction of sp³-hybridized carbons (Fsp3) is 0.0952. The van der Waals surface area contributed by atoms with Crippen molar-refractivity contribution in [3.8, 4) is 11.3 Å². The third kappa shape index (κ3) is 2.38. The van der Waals surface area contributed by atoms with Crippen molar-refractivity contribution in [1.29, 1.82) is 0 Å². The summed E-state index contributed by atoms with van der Waals surface area (Å²) in [5.41, 5.74) is 9.63. The molecule has 1 aliphatic rings. The zero-order chi connectivity index (χ0) is 18.5. The Labute approximate surface area is 154 Å². The minimum atomic E-state index is -0.630. The predicted octanol–water partition coefficient (Wildman–Crippen LogP) is 3.57. The molecule has 0 aliphatic carbocycles. The van der Waals surface area contributed by atoms with E-state index in [1.807, 2.05) is 22.9 Å². The Balaban J connectivity index is 1.49. The molecule has 2 aromatic heterocycles. The Morgan fingerprint density at radius 1 is 1.15 bits per heavy atom. The number of hydrogen-bond donors (Lipinski definition) is 1. The summed E-state index contributed by atoms with van der Waals surface area (Å²) in [6.07, 6.45) is 3.92. The average molecular weight is 357 g/mol. The number of ketones is 1. The van der Waals surface area contributed by atoms with Gasteiger partial charge in [-0.05, 0) is 29.8 Å². The number of nitrogens with two attached hydrogens (primary N) is 1. The minimum absolute atomic E-state index is 0.0140. The highest BCUT2D eigenvalue weighted by Gasteiger charge is 2.30. The number of imidazole rings is 1. The molecule has 6 nitrogen and oxygen atoms in total. The highest BCUT2D eigenvalue weighted by atomic mass is 16.3. The standard InChI is InChI=1S/C21H15N3O3/c22-21(26)20-8-13-7-12(5-6-19(13)27-20)18(25)9-16-14-3-1-2-4-15(14)17-10-23-11-24(16)17/h1-8,10-11,16H,9H2,(H2,22,26). The molecule has 1 aliphatic heterocycles. The van der Waals surface area contributed by atoms with Crippen LogP contribution in [0.2, 0.25) is 0 Å². The summed E-state index contributed by atoms with van der Waals surface area (Å²) < 4.78 is 7.43. The Morgan fingerprint density at radius 3 is 2.85 bits per heavy atom. The molecule has 6 heteroatoms. The predicted molar refractivity (Wildman–Crippen MR) is 99.5 cm³/mol. The number of furan rings is 1. The van der Waals surface area contributed by atoms with Crippen LogP contribution in [0.4, 0.5) is 0 Å². The van der Waals surface area contributed by atoms with E-state index in [0.717, 1.165) is 16.8 Å². The molecule has 3 heterocycles. The Hall–Kier alpha value is -3.67. The molecule has 0 radical (unpaired) electrons. The van der Waals surface area contributed by atoms with Crippen molar-refractivity contribution >= 4 is 22.7 Å². The van der Waals surface area contributed by atoms with Gasteiger partial charge in [0.2, 0.25) is 0 Å². The topological polar surface area (TPSA) is 91.1 Å². The summed E-state index contributed by atoms with van der Waals surface area (Å²) in [6.45, 7) is 0. The minimum Gasteiger partial charge on any atom is -0.451 e. The number of aromatic nitrogens is 2. The van der Waals surface area contributed by atoms with E-state index in [1.54, 1.807) is 30.6 Å². The van der Waals surface area contributed by atoms with E-state index in [2.05, 4.69) is 17.1 Å². The van der Waals surface area contributed by atoms with Crippen molar-refractivity contribution in [2.75, 3.05) is 0 Å². The van der Waals surface area contributed by atoms with Gasteiger partial charge in [-0.15, -0.1) is 0 Å². The fourth-order valence-corrected chi connectivity index (χ4v) is 3.77. The number of fused-ring (bicyclic) bond motifs is 4. The first-order valence-electron chi connectivity index (χ1n) is 8.59. The average Bonchev–Trinajstić information content (AvgIpc) is 3.37. The summed E-state index contributed by atoms with van der Waals surface area (Å²) in [6, 6.07) is 14.7. The molecule has 0 spiro atoms. The second kappa shape index (κ2) is 5.67. The van der Waals surface area contributed by atoms with Crippen LogP contribution in [0.15, 0.2) is 65.5 Å². The molecular weight excluding hydrogens is 342 g/mol. The SMILES string of the molecule is NC(=O)c1cc2cc(C(=O)CC3c4ccccc4-c4cncn43)ccc2o1. The Kier molecular flexibility index (Phi) is 3.27. The number of hydrogen-bond acceptors (Lipinski definition) is 4. The van der Waals surface area contributed by atoms with Gasteiger partial charge in [-0.3, -0.25) is 9.59 Å². The lowest BCUT2D eigenvalue weighted by molar-refractivity contribution is 0.0964. The molecule has 1 atom stereocenters. The number of amides is 1. The molecule has 0 saturated heterocycles. The molecule has 2 aromatic carbocycles. The van der Waals surface area contributed by atoms with Gasteiger partial charge < -0.3 is 14.7 Å². The summed E-state index contributed by atoms with van der Waals surface area (Å²) in [5, 5.41) is 0.685. The van der Waals surface area contributed by atoms with Crippen molar-refractivity contribution in [3.63, 3.8) is 0 Å². The summed E-state index contributed by atoms with van der Waals surface area (Å²) in [5.74, 6) is -0.531. The molecule has 5 rings (SSSR count). The number of Topliss-reactive ketones (excluding diaryl/α,β-unsaturated/α-hetero) is 1. The van der Waals surface area contributed by atoms with Gasteiger partial charge in [-0.2, -0.15) is 0 Å². The van der Waals surface area contributed by atoms with Crippen LogP contribution in [0.3, 0.4) is 0 Å². The molecule has 27 heavy (non-hydrogen) atoms. The van der Waals surface area contributed by atoms with E-state index in [4.69, 9.17) is 10.2 Å². The molecule has 4 aromatic rings. The van der Waals surface area contributed by atoms with E-state index >= 15 is 0 Å². The molecule has 0 saturated carbocycles. The van der Waals surface area contributed by atoms with Gasteiger partial charge in [0.25, 0.3) is 5.91 Å². The van der Waals surface area contributed by atoms with Crippen LogP contribution < -0.4 is 5.73 Å². The summed E-state index contributed by atoms with van der Waals surface area (Å²) >= 11 is 0. The number of nitrogens with zero attached hydrogens (tertiary/aromatic N) is 2. The summed E-state index contributed by atoms with van der Waals surface area (Å²) in [4.78, 5) is 28.5. The van der Waals surface area contributed by atoms with Crippen molar-refractivity contribution in [1.82, 2.24) is 9.55 Å². The van der Waals surface area contributed by atoms with E-state index in [1.165, 1.54) is 0 Å². The smallest absolute Gasteiger partial charge is 0.284 e. The highest BCUT2D eigenvalue weighted by molar-refractivity contribution is 6.01.